The lowest BCUT2D eigenvalue weighted by molar-refractivity contribution is 0.462. The molecule has 0 aliphatic rings. The van der Waals surface area contributed by atoms with Gasteiger partial charge in [0.15, 0.2) is 0 Å². The first-order valence-electron chi connectivity index (χ1n) is 23.6. The molecule has 332 valence electrons. The number of hydrogen-bond acceptors (Lipinski definition) is 3. The lowest BCUT2D eigenvalue weighted by atomic mass is 9.78. The zero-order valence-corrected chi connectivity index (χ0v) is 38.2. The molecular formula is C64H58O3. The van der Waals surface area contributed by atoms with Gasteiger partial charge < -0.3 is 15.3 Å². The monoisotopic (exact) mass is 874 g/mol. The third kappa shape index (κ3) is 11.3. The van der Waals surface area contributed by atoms with Gasteiger partial charge in [-0.2, -0.15) is 0 Å². The van der Waals surface area contributed by atoms with E-state index >= 15 is 0 Å². The van der Waals surface area contributed by atoms with Crippen LogP contribution in [0.25, 0.3) is 0 Å². The Morgan fingerprint density at radius 3 is 0.687 bits per heavy atom. The van der Waals surface area contributed by atoms with Crippen LogP contribution in [0, 0.1) is 0 Å². The predicted octanol–water partition coefficient (Wildman–Crippen LogP) is 14.7. The smallest absolute Gasteiger partial charge is 0.122 e. The molecule has 3 heteroatoms. The summed E-state index contributed by atoms with van der Waals surface area (Å²) in [7, 11) is 0. The molecule has 0 bridgehead atoms. The van der Waals surface area contributed by atoms with Crippen molar-refractivity contribution in [3.8, 4) is 17.2 Å². The molecule has 9 aromatic carbocycles. The summed E-state index contributed by atoms with van der Waals surface area (Å²) in [5.74, 6) is 0.927. The molecule has 0 spiro atoms. The van der Waals surface area contributed by atoms with E-state index in [1.807, 2.05) is 36.4 Å². The number of aromatic hydroxyl groups is 3. The average Bonchev–Trinajstić information content (AvgIpc) is 3.36. The molecule has 0 aliphatic heterocycles. The SMILES string of the molecule is CC(CC(c1cc(Cc2ccccc2)c(O)c(Cc2ccccc2)c1)c1cc(Cc2ccccc2)c(O)c(Cc2ccccc2)c1)c1cc(Cc2ccccc2)c(O)c(Cc2ccccc2)c1. The Hall–Kier alpha value is -7.62. The Bertz CT molecular complexity index is 2680. The normalized spacial score (nSPS) is 11.7. The fraction of sp³-hybridized carbons (Fsp3) is 0.156. The topological polar surface area (TPSA) is 60.7 Å². The van der Waals surface area contributed by atoms with Crippen LogP contribution in [0.5, 0.6) is 17.2 Å². The van der Waals surface area contributed by atoms with E-state index in [1.165, 1.54) is 5.56 Å². The van der Waals surface area contributed by atoms with Gasteiger partial charge in [0.2, 0.25) is 0 Å². The Kier molecular flexibility index (Phi) is 14.1. The van der Waals surface area contributed by atoms with E-state index in [2.05, 4.69) is 189 Å². The average molecular weight is 875 g/mol. The van der Waals surface area contributed by atoms with E-state index in [0.29, 0.717) is 55.8 Å². The van der Waals surface area contributed by atoms with Crippen molar-refractivity contribution in [3.05, 3.63) is 302 Å². The minimum absolute atomic E-state index is 0.0440. The molecule has 0 radical (unpaired) electrons. The number of phenols is 3. The van der Waals surface area contributed by atoms with E-state index in [-0.39, 0.29) is 11.8 Å². The number of phenolic OH excluding ortho intramolecular Hbond substituents is 3. The van der Waals surface area contributed by atoms with Crippen LogP contribution in [0.15, 0.2) is 218 Å². The fourth-order valence-electron chi connectivity index (χ4n) is 9.71. The van der Waals surface area contributed by atoms with Crippen LogP contribution < -0.4 is 0 Å². The summed E-state index contributed by atoms with van der Waals surface area (Å²) in [6, 6.07) is 75.7. The minimum Gasteiger partial charge on any atom is -0.507 e. The third-order valence-corrected chi connectivity index (χ3v) is 13.3. The number of benzene rings is 9. The molecule has 1 unspecified atom stereocenters. The van der Waals surface area contributed by atoms with Gasteiger partial charge in [0.05, 0.1) is 0 Å². The van der Waals surface area contributed by atoms with Crippen LogP contribution in [0.1, 0.15) is 109 Å². The molecule has 0 saturated carbocycles. The maximum atomic E-state index is 12.2. The quantitative estimate of drug-likeness (QED) is 0.0854. The van der Waals surface area contributed by atoms with E-state index < -0.39 is 0 Å². The van der Waals surface area contributed by atoms with Crippen molar-refractivity contribution in [2.24, 2.45) is 0 Å². The van der Waals surface area contributed by atoms with Gasteiger partial charge in [-0.1, -0.05) is 225 Å². The first-order chi connectivity index (χ1) is 32.8. The first kappa shape index (κ1) is 44.6. The van der Waals surface area contributed by atoms with Gasteiger partial charge in [0, 0.05) is 44.4 Å². The van der Waals surface area contributed by atoms with Crippen molar-refractivity contribution < 1.29 is 15.3 Å². The molecule has 1 atom stereocenters. The summed E-state index contributed by atoms with van der Waals surface area (Å²) >= 11 is 0. The van der Waals surface area contributed by atoms with E-state index in [1.54, 1.807) is 0 Å². The highest BCUT2D eigenvalue weighted by molar-refractivity contribution is 5.55. The summed E-state index contributed by atoms with van der Waals surface area (Å²) in [6.07, 6.45) is 4.31. The van der Waals surface area contributed by atoms with Crippen LogP contribution in [0.3, 0.4) is 0 Å². The molecule has 9 aromatic rings. The zero-order valence-electron chi connectivity index (χ0n) is 38.2. The number of rotatable bonds is 17. The Balaban J connectivity index is 1.21. The van der Waals surface area contributed by atoms with Crippen molar-refractivity contribution >= 4 is 0 Å². The van der Waals surface area contributed by atoms with Gasteiger partial charge >= 0.3 is 0 Å². The van der Waals surface area contributed by atoms with E-state index in [4.69, 9.17) is 0 Å². The van der Waals surface area contributed by atoms with E-state index in [0.717, 1.165) is 84.3 Å². The third-order valence-electron chi connectivity index (χ3n) is 13.3. The molecule has 0 aromatic heterocycles. The molecule has 0 fully saturated rings. The lowest BCUT2D eigenvalue weighted by Gasteiger charge is -2.27. The van der Waals surface area contributed by atoms with Crippen molar-refractivity contribution in [1.82, 2.24) is 0 Å². The molecule has 9 rings (SSSR count). The van der Waals surface area contributed by atoms with Crippen LogP contribution >= 0.6 is 0 Å². The van der Waals surface area contributed by atoms with Crippen LogP contribution in [-0.2, 0) is 38.5 Å². The van der Waals surface area contributed by atoms with Gasteiger partial charge in [0.1, 0.15) is 17.2 Å². The van der Waals surface area contributed by atoms with Gasteiger partial charge in [-0.05, 0) is 95.8 Å². The molecule has 67 heavy (non-hydrogen) atoms. The second kappa shape index (κ2) is 21.1. The predicted molar refractivity (Wildman–Crippen MR) is 275 cm³/mol. The van der Waals surface area contributed by atoms with E-state index in [9.17, 15) is 15.3 Å². The molecule has 3 nitrogen and oxygen atoms in total. The van der Waals surface area contributed by atoms with Gasteiger partial charge in [0.25, 0.3) is 0 Å². The summed E-state index contributed by atoms with van der Waals surface area (Å²) in [5.41, 5.74) is 15.6. The molecule has 0 aliphatic carbocycles. The highest BCUT2D eigenvalue weighted by Gasteiger charge is 2.26. The first-order valence-corrected chi connectivity index (χ1v) is 23.6. The molecular weight excluding hydrogens is 817 g/mol. The van der Waals surface area contributed by atoms with Gasteiger partial charge in [-0.3, -0.25) is 0 Å². The van der Waals surface area contributed by atoms with Gasteiger partial charge in [-0.15, -0.1) is 0 Å². The standard InChI is InChI=1S/C64H58O3/c1-45(52-39-55(33-46-20-8-2-9-21-46)62(65)56(40-52)34-47-22-10-3-11-23-47)32-61(53-41-57(35-48-24-12-4-13-25-48)63(66)58(42-53)36-49-26-14-5-15-27-49)54-43-59(37-50-28-16-6-17-29-50)64(67)60(44-54)38-51-30-18-7-19-31-51/h2-31,39-45,61,65-67H,32-38H2,1H3. The second-order valence-electron chi connectivity index (χ2n) is 18.2. The molecule has 3 N–H and O–H groups in total. The second-order valence-corrected chi connectivity index (χ2v) is 18.2. The van der Waals surface area contributed by atoms with Crippen molar-refractivity contribution in [1.29, 1.82) is 0 Å². The lowest BCUT2D eigenvalue weighted by Crippen LogP contribution is -2.11. The Morgan fingerprint density at radius 1 is 0.284 bits per heavy atom. The molecule has 0 amide bonds. The Labute approximate surface area is 396 Å². The van der Waals surface area contributed by atoms with Crippen molar-refractivity contribution in [2.45, 2.75) is 63.7 Å². The van der Waals surface area contributed by atoms with Crippen molar-refractivity contribution in [3.63, 3.8) is 0 Å². The van der Waals surface area contributed by atoms with Crippen LogP contribution in [0.2, 0.25) is 0 Å². The largest absolute Gasteiger partial charge is 0.507 e. The highest BCUT2D eigenvalue weighted by atomic mass is 16.3. The minimum atomic E-state index is -0.131. The molecule has 0 saturated heterocycles. The zero-order chi connectivity index (χ0) is 46.0. The van der Waals surface area contributed by atoms with Gasteiger partial charge in [-0.25, -0.2) is 0 Å². The van der Waals surface area contributed by atoms with Crippen LogP contribution in [-0.4, -0.2) is 15.3 Å². The number of hydrogen-bond donors (Lipinski definition) is 3. The summed E-state index contributed by atoms with van der Waals surface area (Å²) in [5, 5.41) is 36.3. The highest BCUT2D eigenvalue weighted by Crippen LogP contribution is 2.43. The van der Waals surface area contributed by atoms with Crippen LogP contribution in [0.4, 0.5) is 0 Å². The maximum absolute atomic E-state index is 12.2. The van der Waals surface area contributed by atoms with Crippen molar-refractivity contribution in [2.75, 3.05) is 0 Å². The summed E-state index contributed by atoms with van der Waals surface area (Å²) < 4.78 is 0. The Morgan fingerprint density at radius 2 is 0.478 bits per heavy atom. The maximum Gasteiger partial charge on any atom is 0.122 e. The fourth-order valence-corrected chi connectivity index (χ4v) is 9.71. The molecule has 0 heterocycles. The summed E-state index contributed by atoms with van der Waals surface area (Å²) in [6.45, 7) is 2.31. The summed E-state index contributed by atoms with van der Waals surface area (Å²) in [4.78, 5) is 0.